The van der Waals surface area contributed by atoms with Crippen molar-refractivity contribution in [2.24, 2.45) is 0 Å². The molecule has 0 fully saturated rings. The van der Waals surface area contributed by atoms with Gasteiger partial charge < -0.3 is 9.84 Å². The van der Waals surface area contributed by atoms with Crippen molar-refractivity contribution in [2.45, 2.75) is 39.2 Å². The van der Waals surface area contributed by atoms with Gasteiger partial charge in [-0.1, -0.05) is 55.5 Å². The zero-order valence-corrected chi connectivity index (χ0v) is 18.0. The molecule has 0 unspecified atom stereocenters. The molecule has 0 bridgehead atoms. The summed E-state index contributed by atoms with van der Waals surface area (Å²) in [6.07, 6.45) is 8.04. The van der Waals surface area contributed by atoms with Gasteiger partial charge in [0.25, 0.3) is 0 Å². The molecule has 4 nitrogen and oxygen atoms in total. The summed E-state index contributed by atoms with van der Waals surface area (Å²) in [6.45, 7) is 3.38. The number of benzene rings is 2. The van der Waals surface area contributed by atoms with Gasteiger partial charge in [-0.15, -0.1) is 0 Å². The van der Waals surface area contributed by atoms with E-state index in [-0.39, 0.29) is 5.56 Å². The smallest absolute Gasteiger partial charge is 0.335 e. The highest BCUT2D eigenvalue weighted by Crippen LogP contribution is 2.11. The lowest BCUT2D eigenvalue weighted by molar-refractivity contribution is 0.0697. The van der Waals surface area contributed by atoms with Gasteiger partial charge in [0.05, 0.1) is 23.6 Å². The molecule has 3 aromatic rings. The molecule has 0 aliphatic heterocycles. The fraction of sp³-hybridized carbons (Fsp3) is 0.259. The molecule has 3 rings (SSSR count). The fourth-order valence-electron chi connectivity index (χ4n) is 3.28. The SMILES string of the molecule is CCc1ccc(CCCCOCc2cccc(/C=C/c3cccc(C(=O)O)c3)n2)cc1. The molecule has 160 valence electrons. The lowest BCUT2D eigenvalue weighted by Gasteiger charge is -2.06. The lowest BCUT2D eigenvalue weighted by Crippen LogP contribution is -1.99. The minimum absolute atomic E-state index is 0.273. The van der Waals surface area contributed by atoms with E-state index >= 15 is 0 Å². The number of carboxylic acids is 1. The molecule has 1 heterocycles. The molecule has 4 heteroatoms. The van der Waals surface area contributed by atoms with Crippen LogP contribution in [0.1, 0.15) is 58.2 Å². The van der Waals surface area contributed by atoms with Crippen molar-refractivity contribution in [3.05, 3.63) is 100 Å². The average Bonchev–Trinajstić information content (AvgIpc) is 2.81. The van der Waals surface area contributed by atoms with E-state index in [4.69, 9.17) is 9.84 Å². The molecule has 0 radical (unpaired) electrons. The number of aryl methyl sites for hydroxylation is 2. The van der Waals surface area contributed by atoms with Crippen LogP contribution in [0, 0.1) is 0 Å². The summed E-state index contributed by atoms with van der Waals surface area (Å²) in [4.78, 5) is 15.7. The molecular weight excluding hydrogens is 386 g/mol. The van der Waals surface area contributed by atoms with E-state index in [9.17, 15) is 4.79 Å². The molecule has 0 saturated heterocycles. The summed E-state index contributed by atoms with van der Waals surface area (Å²) in [5, 5.41) is 9.09. The molecule has 0 atom stereocenters. The van der Waals surface area contributed by atoms with E-state index in [0.717, 1.165) is 49.2 Å². The molecule has 0 spiro atoms. The maximum Gasteiger partial charge on any atom is 0.335 e. The fourth-order valence-corrected chi connectivity index (χ4v) is 3.28. The Morgan fingerprint density at radius 3 is 2.52 bits per heavy atom. The summed E-state index contributed by atoms with van der Waals surface area (Å²) in [7, 11) is 0. The van der Waals surface area contributed by atoms with Gasteiger partial charge in [0.2, 0.25) is 0 Å². The first kappa shape index (κ1) is 22.4. The third-order valence-electron chi connectivity index (χ3n) is 5.09. The van der Waals surface area contributed by atoms with Gasteiger partial charge in [-0.2, -0.15) is 0 Å². The minimum Gasteiger partial charge on any atom is -0.478 e. The van der Waals surface area contributed by atoms with Gasteiger partial charge in [0.15, 0.2) is 0 Å². The second kappa shape index (κ2) is 11.8. The van der Waals surface area contributed by atoms with Crippen LogP contribution in [0.4, 0.5) is 0 Å². The van der Waals surface area contributed by atoms with Crippen LogP contribution in [0.15, 0.2) is 66.7 Å². The zero-order chi connectivity index (χ0) is 21.9. The van der Waals surface area contributed by atoms with Crippen LogP contribution in [-0.4, -0.2) is 22.7 Å². The predicted molar refractivity (Wildman–Crippen MR) is 125 cm³/mol. The first-order chi connectivity index (χ1) is 15.1. The Labute approximate surface area is 184 Å². The van der Waals surface area contributed by atoms with E-state index in [1.54, 1.807) is 18.2 Å². The van der Waals surface area contributed by atoms with Crippen LogP contribution in [-0.2, 0) is 24.2 Å². The van der Waals surface area contributed by atoms with E-state index in [1.807, 2.05) is 36.4 Å². The third kappa shape index (κ3) is 7.50. The van der Waals surface area contributed by atoms with Gasteiger partial charge in [-0.3, -0.25) is 4.98 Å². The minimum atomic E-state index is -0.929. The Bertz CT molecular complexity index is 1010. The summed E-state index contributed by atoms with van der Waals surface area (Å²) >= 11 is 0. The standard InChI is InChI=1S/C27H29NO3/c1-2-21-12-14-22(15-13-21)7-3-4-18-31-20-26-11-6-10-25(28-26)17-16-23-8-5-9-24(19-23)27(29)30/h5-6,8-17,19H,2-4,7,18,20H2,1H3,(H,29,30)/b17-16+. The van der Waals surface area contributed by atoms with Crippen LogP contribution >= 0.6 is 0 Å². The van der Waals surface area contributed by atoms with E-state index in [1.165, 1.54) is 11.1 Å². The largest absolute Gasteiger partial charge is 0.478 e. The Hall–Kier alpha value is -3.24. The van der Waals surface area contributed by atoms with Crippen molar-refractivity contribution in [1.82, 2.24) is 4.98 Å². The van der Waals surface area contributed by atoms with Gasteiger partial charge in [0, 0.05) is 6.61 Å². The summed E-state index contributed by atoms with van der Waals surface area (Å²) in [5.74, 6) is -0.929. The van der Waals surface area contributed by atoms with E-state index in [2.05, 4.69) is 36.2 Å². The number of unbranched alkanes of at least 4 members (excludes halogenated alkanes) is 1. The van der Waals surface area contributed by atoms with Crippen LogP contribution in [0.2, 0.25) is 0 Å². The van der Waals surface area contributed by atoms with Crippen molar-refractivity contribution in [1.29, 1.82) is 0 Å². The molecule has 0 saturated carbocycles. The maximum atomic E-state index is 11.1. The number of aromatic nitrogens is 1. The lowest BCUT2D eigenvalue weighted by atomic mass is 10.1. The van der Waals surface area contributed by atoms with Gasteiger partial charge >= 0.3 is 5.97 Å². The number of pyridine rings is 1. The van der Waals surface area contributed by atoms with Gasteiger partial charge in [-0.25, -0.2) is 4.79 Å². The van der Waals surface area contributed by atoms with Crippen molar-refractivity contribution < 1.29 is 14.6 Å². The summed E-state index contributed by atoms with van der Waals surface area (Å²) in [6, 6.07) is 21.5. The molecule has 1 aromatic heterocycles. The number of hydrogen-bond donors (Lipinski definition) is 1. The number of hydrogen-bond acceptors (Lipinski definition) is 3. The summed E-state index contributed by atoms with van der Waals surface area (Å²) < 4.78 is 5.80. The Balaban J connectivity index is 1.42. The number of rotatable bonds is 11. The van der Waals surface area contributed by atoms with Crippen LogP contribution in [0.3, 0.4) is 0 Å². The first-order valence-electron chi connectivity index (χ1n) is 10.8. The second-order valence-corrected chi connectivity index (χ2v) is 7.50. The Morgan fingerprint density at radius 1 is 0.968 bits per heavy atom. The molecule has 0 aliphatic carbocycles. The van der Waals surface area contributed by atoms with Crippen molar-refractivity contribution in [2.75, 3.05) is 6.61 Å². The molecular formula is C27H29NO3. The molecule has 2 aromatic carbocycles. The Kier molecular flexibility index (Phi) is 8.56. The van der Waals surface area contributed by atoms with Crippen LogP contribution in [0.5, 0.6) is 0 Å². The van der Waals surface area contributed by atoms with E-state index in [0.29, 0.717) is 6.61 Å². The highest BCUT2D eigenvalue weighted by Gasteiger charge is 2.02. The molecule has 1 N–H and O–H groups in total. The average molecular weight is 416 g/mol. The molecule has 31 heavy (non-hydrogen) atoms. The first-order valence-corrected chi connectivity index (χ1v) is 10.8. The monoisotopic (exact) mass is 415 g/mol. The highest BCUT2D eigenvalue weighted by molar-refractivity contribution is 5.88. The maximum absolute atomic E-state index is 11.1. The predicted octanol–water partition coefficient (Wildman–Crippen LogP) is 6.05. The Morgan fingerprint density at radius 2 is 1.74 bits per heavy atom. The third-order valence-corrected chi connectivity index (χ3v) is 5.09. The topological polar surface area (TPSA) is 59.4 Å². The van der Waals surface area contributed by atoms with Crippen LogP contribution in [0.25, 0.3) is 12.2 Å². The van der Waals surface area contributed by atoms with Crippen LogP contribution < -0.4 is 0 Å². The van der Waals surface area contributed by atoms with E-state index < -0.39 is 5.97 Å². The number of nitrogens with zero attached hydrogens (tertiary/aromatic N) is 1. The zero-order valence-electron chi connectivity index (χ0n) is 18.0. The van der Waals surface area contributed by atoms with Gasteiger partial charge in [0.1, 0.15) is 0 Å². The van der Waals surface area contributed by atoms with Crippen molar-refractivity contribution in [3.8, 4) is 0 Å². The second-order valence-electron chi connectivity index (χ2n) is 7.50. The molecule has 0 aliphatic rings. The van der Waals surface area contributed by atoms with Gasteiger partial charge in [-0.05, 0) is 72.7 Å². The highest BCUT2D eigenvalue weighted by atomic mass is 16.5. The number of aromatic carboxylic acids is 1. The number of carbonyl (C=O) groups is 1. The number of ether oxygens (including phenoxy) is 1. The van der Waals surface area contributed by atoms with Crippen molar-refractivity contribution >= 4 is 18.1 Å². The molecule has 0 amide bonds. The quantitative estimate of drug-likeness (QED) is 0.387. The normalized spacial score (nSPS) is 11.1. The van der Waals surface area contributed by atoms with Crippen molar-refractivity contribution in [3.63, 3.8) is 0 Å². The number of carboxylic acid groups (broad SMARTS) is 1. The summed E-state index contributed by atoms with van der Waals surface area (Å²) in [5.41, 5.74) is 5.56.